The first kappa shape index (κ1) is 18.2. The molecule has 0 fully saturated rings. The van der Waals surface area contributed by atoms with Gasteiger partial charge in [0.1, 0.15) is 0 Å². The molecule has 0 aliphatic heterocycles. The monoisotopic (exact) mass is 410 g/mol. The molecular weight excluding hydrogens is 384 g/mol. The molecule has 0 aliphatic rings. The smallest absolute Gasteiger partial charge is 0.000785 e. The standard InChI is InChI=1S/C32H26/c1-2-3-4-5-6-7-8-24-19-25-16-15-22-12-10-20-9-11-21-13-14-23-17-18-26(24)32-30(23)28(21)27(20)29(22)31(25)32/h7-19H,2-6H2,1H3. The minimum Gasteiger partial charge on any atom is -0.0839 e. The molecular formula is C32H26. The van der Waals surface area contributed by atoms with Gasteiger partial charge in [0, 0.05) is 0 Å². The van der Waals surface area contributed by atoms with Gasteiger partial charge in [-0.15, -0.1) is 0 Å². The number of rotatable bonds is 6. The van der Waals surface area contributed by atoms with Crippen molar-refractivity contribution >= 4 is 70.7 Å². The summed E-state index contributed by atoms with van der Waals surface area (Å²) in [5.74, 6) is 0. The van der Waals surface area contributed by atoms with Crippen molar-refractivity contribution in [1.29, 1.82) is 0 Å². The Labute approximate surface area is 188 Å². The van der Waals surface area contributed by atoms with Crippen LogP contribution in [0.5, 0.6) is 0 Å². The first-order valence-electron chi connectivity index (χ1n) is 12.1. The van der Waals surface area contributed by atoms with E-state index in [-0.39, 0.29) is 0 Å². The Morgan fingerprint density at radius 3 is 1.62 bits per heavy atom. The first-order chi connectivity index (χ1) is 15.8. The van der Waals surface area contributed by atoms with Crippen molar-refractivity contribution in [2.45, 2.75) is 39.0 Å². The third kappa shape index (κ3) is 2.38. The van der Waals surface area contributed by atoms with Crippen LogP contribution >= 0.6 is 0 Å². The van der Waals surface area contributed by atoms with Gasteiger partial charge in [-0.05, 0) is 89.1 Å². The molecule has 0 heteroatoms. The largest absolute Gasteiger partial charge is 0.0839 e. The van der Waals surface area contributed by atoms with Crippen LogP contribution in [0.15, 0.2) is 72.8 Å². The van der Waals surface area contributed by atoms with Crippen LogP contribution in [-0.2, 0) is 0 Å². The Bertz CT molecular complexity index is 1690. The first-order valence-corrected chi connectivity index (χ1v) is 12.1. The second-order valence-electron chi connectivity index (χ2n) is 9.46. The van der Waals surface area contributed by atoms with E-state index < -0.39 is 0 Å². The SMILES string of the molecule is CCCCCCC=Cc1cc2ccc3ccc4ccc5ccc6ccc1c1c6c5c4c3c21. The Kier molecular flexibility index (Phi) is 3.88. The molecule has 0 spiro atoms. The van der Waals surface area contributed by atoms with E-state index in [1.807, 2.05) is 0 Å². The van der Waals surface area contributed by atoms with Crippen LogP contribution in [0.4, 0.5) is 0 Å². The van der Waals surface area contributed by atoms with Crippen LogP contribution in [0.2, 0.25) is 0 Å². The highest BCUT2D eigenvalue weighted by molar-refractivity contribution is 6.44. The average molecular weight is 411 g/mol. The molecule has 0 bridgehead atoms. The lowest BCUT2D eigenvalue weighted by Crippen LogP contribution is -1.93. The Morgan fingerprint density at radius 2 is 1.03 bits per heavy atom. The van der Waals surface area contributed by atoms with Crippen LogP contribution in [0.3, 0.4) is 0 Å². The van der Waals surface area contributed by atoms with Crippen LogP contribution in [-0.4, -0.2) is 0 Å². The Balaban J connectivity index is 1.59. The predicted molar refractivity (Wildman–Crippen MR) is 143 cm³/mol. The lowest BCUT2D eigenvalue weighted by atomic mass is 9.82. The molecule has 32 heavy (non-hydrogen) atoms. The maximum Gasteiger partial charge on any atom is -0.000785 e. The van der Waals surface area contributed by atoms with Crippen LogP contribution < -0.4 is 0 Å². The molecule has 0 saturated heterocycles. The lowest BCUT2D eigenvalue weighted by Gasteiger charge is -2.21. The second-order valence-corrected chi connectivity index (χ2v) is 9.46. The molecule has 154 valence electrons. The van der Waals surface area contributed by atoms with E-state index >= 15 is 0 Å². The lowest BCUT2D eigenvalue weighted by molar-refractivity contribution is 0.675. The average Bonchev–Trinajstić information content (AvgIpc) is 2.84. The van der Waals surface area contributed by atoms with Gasteiger partial charge in [0.25, 0.3) is 0 Å². The van der Waals surface area contributed by atoms with Gasteiger partial charge >= 0.3 is 0 Å². The number of hydrogen-bond acceptors (Lipinski definition) is 0. The molecule has 0 radical (unpaired) electrons. The van der Waals surface area contributed by atoms with E-state index in [1.54, 1.807) is 0 Å². The van der Waals surface area contributed by atoms with Crippen molar-refractivity contribution in [3.8, 4) is 0 Å². The Hall–Kier alpha value is -3.38. The highest BCUT2D eigenvalue weighted by atomic mass is 14.2. The van der Waals surface area contributed by atoms with Crippen molar-refractivity contribution in [2.24, 2.45) is 0 Å². The number of unbranched alkanes of at least 4 members (excludes halogenated alkanes) is 4. The maximum atomic E-state index is 2.42. The third-order valence-electron chi connectivity index (χ3n) is 7.56. The summed E-state index contributed by atoms with van der Waals surface area (Å²) < 4.78 is 0. The zero-order chi connectivity index (χ0) is 21.2. The predicted octanol–water partition coefficient (Wildman–Crippen LogP) is 9.90. The molecule has 0 heterocycles. The van der Waals surface area contributed by atoms with Crippen molar-refractivity contribution in [3.63, 3.8) is 0 Å². The summed E-state index contributed by atoms with van der Waals surface area (Å²) in [6, 6.07) is 25.5. The van der Waals surface area contributed by atoms with Crippen molar-refractivity contribution in [1.82, 2.24) is 0 Å². The number of hydrogen-bond donors (Lipinski definition) is 0. The molecule has 0 N–H and O–H groups in total. The molecule has 7 aromatic rings. The minimum atomic E-state index is 1.17. The quantitative estimate of drug-likeness (QED) is 0.145. The summed E-state index contributed by atoms with van der Waals surface area (Å²) in [6.45, 7) is 2.28. The molecule has 0 saturated carbocycles. The van der Waals surface area contributed by atoms with Gasteiger partial charge in [-0.25, -0.2) is 0 Å². The van der Waals surface area contributed by atoms with E-state index in [9.17, 15) is 0 Å². The van der Waals surface area contributed by atoms with E-state index in [4.69, 9.17) is 0 Å². The van der Waals surface area contributed by atoms with Crippen molar-refractivity contribution in [2.75, 3.05) is 0 Å². The summed E-state index contributed by atoms with van der Waals surface area (Å²) in [5.41, 5.74) is 1.35. The van der Waals surface area contributed by atoms with Crippen LogP contribution in [0.25, 0.3) is 70.7 Å². The topological polar surface area (TPSA) is 0 Å². The van der Waals surface area contributed by atoms with E-state index in [0.29, 0.717) is 0 Å². The van der Waals surface area contributed by atoms with E-state index in [0.717, 1.165) is 0 Å². The molecule has 0 nitrogen and oxygen atoms in total. The van der Waals surface area contributed by atoms with Crippen molar-refractivity contribution < 1.29 is 0 Å². The molecule has 7 rings (SSSR count). The molecule has 0 atom stereocenters. The summed E-state index contributed by atoms with van der Waals surface area (Å²) in [6.07, 6.45) is 11.2. The highest BCUT2D eigenvalue weighted by Gasteiger charge is 2.20. The van der Waals surface area contributed by atoms with Gasteiger partial charge in [-0.1, -0.05) is 99.0 Å². The summed E-state index contributed by atoms with van der Waals surface area (Å²) in [5, 5.41) is 16.8. The van der Waals surface area contributed by atoms with Crippen LogP contribution in [0.1, 0.15) is 44.6 Å². The number of benzene rings is 7. The van der Waals surface area contributed by atoms with Gasteiger partial charge < -0.3 is 0 Å². The van der Waals surface area contributed by atoms with E-state index in [1.165, 1.54) is 102 Å². The fourth-order valence-electron chi connectivity index (χ4n) is 6.05. The maximum absolute atomic E-state index is 2.42. The fraction of sp³-hybridized carbons (Fsp3) is 0.188. The van der Waals surface area contributed by atoms with Gasteiger partial charge in [-0.2, -0.15) is 0 Å². The van der Waals surface area contributed by atoms with Crippen molar-refractivity contribution in [3.05, 3.63) is 78.4 Å². The van der Waals surface area contributed by atoms with Gasteiger partial charge in [-0.3, -0.25) is 0 Å². The fourth-order valence-corrected chi connectivity index (χ4v) is 6.05. The number of allylic oxidation sites excluding steroid dienone is 1. The summed E-state index contributed by atoms with van der Waals surface area (Å²) in [7, 11) is 0. The zero-order valence-corrected chi connectivity index (χ0v) is 18.5. The zero-order valence-electron chi connectivity index (χ0n) is 18.5. The molecule has 0 amide bonds. The molecule has 0 aliphatic carbocycles. The van der Waals surface area contributed by atoms with Gasteiger partial charge in [0.15, 0.2) is 0 Å². The highest BCUT2D eigenvalue weighted by Crippen LogP contribution is 2.48. The Morgan fingerprint density at radius 1 is 0.531 bits per heavy atom. The van der Waals surface area contributed by atoms with Crippen LogP contribution in [0, 0.1) is 0 Å². The van der Waals surface area contributed by atoms with E-state index in [2.05, 4.69) is 85.8 Å². The second kappa shape index (κ2) is 6.81. The third-order valence-corrected chi connectivity index (χ3v) is 7.56. The van der Waals surface area contributed by atoms with Gasteiger partial charge in [0.2, 0.25) is 0 Å². The summed E-state index contributed by atoms with van der Waals surface area (Å²) >= 11 is 0. The summed E-state index contributed by atoms with van der Waals surface area (Å²) in [4.78, 5) is 0. The molecule has 7 aromatic carbocycles. The minimum absolute atomic E-state index is 1.17. The van der Waals surface area contributed by atoms with Gasteiger partial charge in [0.05, 0.1) is 0 Å². The molecule has 0 unspecified atom stereocenters. The normalized spacial score (nSPS) is 13.0. The molecule has 0 aromatic heterocycles.